The summed E-state index contributed by atoms with van der Waals surface area (Å²) in [5.74, 6) is -30.4. The van der Waals surface area contributed by atoms with Gasteiger partial charge in [-0.3, -0.25) is 0 Å². The van der Waals surface area contributed by atoms with E-state index in [1.165, 1.54) is 0 Å². The van der Waals surface area contributed by atoms with Crippen molar-refractivity contribution in [2.24, 2.45) is 0 Å². The molecule has 0 aliphatic carbocycles. The van der Waals surface area contributed by atoms with Crippen LogP contribution in [0.25, 0.3) is 43.8 Å². The second kappa shape index (κ2) is 9.56. The van der Waals surface area contributed by atoms with Gasteiger partial charge in [-0.05, 0) is 23.6 Å². The van der Waals surface area contributed by atoms with E-state index in [0.29, 0.717) is 18.2 Å². The SMILES string of the molecule is Fc1c(F)c(F)c(-c2c3c(F)cccc3c(-c3c(F)c(F)c(C(F)(F)F)c(F)c3F)c3c(F)ccc(F)c23)c(F)c1F. The number of rotatable bonds is 2. The van der Waals surface area contributed by atoms with Gasteiger partial charge in [-0.25, -0.2) is 52.7 Å². The van der Waals surface area contributed by atoms with E-state index < -0.39 is 125 Å². The van der Waals surface area contributed by atoms with Crippen molar-refractivity contribution in [3.05, 3.63) is 106 Å². The van der Waals surface area contributed by atoms with E-state index in [1.54, 1.807) is 0 Å². The molecule has 0 spiro atoms. The lowest BCUT2D eigenvalue weighted by atomic mass is 9.84. The number of benzene rings is 5. The van der Waals surface area contributed by atoms with Crippen molar-refractivity contribution in [1.82, 2.24) is 0 Å². The lowest BCUT2D eigenvalue weighted by Gasteiger charge is -2.21. The van der Waals surface area contributed by atoms with Crippen LogP contribution in [0, 0.1) is 69.8 Å². The Morgan fingerprint density at radius 2 is 0.738 bits per heavy atom. The summed E-state index contributed by atoms with van der Waals surface area (Å²) in [6.45, 7) is 0. The molecule has 0 nitrogen and oxygen atoms in total. The highest BCUT2D eigenvalue weighted by Gasteiger charge is 2.43. The summed E-state index contributed by atoms with van der Waals surface area (Å²) in [5.41, 5.74) is -10.3. The first kappa shape index (κ1) is 29.1. The van der Waals surface area contributed by atoms with Gasteiger partial charge < -0.3 is 0 Å². The number of fused-ring (bicyclic) bond motifs is 2. The maximum atomic E-state index is 15.3. The molecule has 15 heteroatoms. The van der Waals surface area contributed by atoms with Crippen LogP contribution in [0.15, 0.2) is 30.3 Å². The summed E-state index contributed by atoms with van der Waals surface area (Å²) in [4.78, 5) is 0. The summed E-state index contributed by atoms with van der Waals surface area (Å²) >= 11 is 0. The molecule has 0 atom stereocenters. The van der Waals surface area contributed by atoms with Gasteiger partial charge in [0, 0.05) is 27.3 Å². The Bertz CT molecular complexity index is 1930. The van der Waals surface area contributed by atoms with Crippen LogP contribution in [0.3, 0.4) is 0 Å². The van der Waals surface area contributed by atoms with Crippen LogP contribution >= 0.6 is 0 Å². The van der Waals surface area contributed by atoms with Crippen LogP contribution in [0.4, 0.5) is 65.9 Å². The summed E-state index contributed by atoms with van der Waals surface area (Å²) in [6, 6.07) is 2.04. The number of alkyl halides is 3. The largest absolute Gasteiger partial charge is 0.422 e. The van der Waals surface area contributed by atoms with Crippen LogP contribution in [-0.2, 0) is 6.18 Å². The van der Waals surface area contributed by atoms with Crippen molar-refractivity contribution in [3.63, 3.8) is 0 Å². The van der Waals surface area contributed by atoms with Crippen LogP contribution in [-0.4, -0.2) is 0 Å². The molecule has 0 radical (unpaired) electrons. The maximum absolute atomic E-state index is 15.3. The standard InChI is InChI=1S/C27H5F15/c28-7-3-1-2-6-10(7)14(16-20(33)24(37)26(39)25(38)21(16)34)13-9(30)5-4-8(29)12(13)11(6)15-18(31)22(35)17(27(40,41)42)23(36)19(15)32/h1-5H. The number of halogens is 15. The highest BCUT2D eigenvalue weighted by Crippen LogP contribution is 2.50. The Hall–Kier alpha value is -4.43. The van der Waals surface area contributed by atoms with Gasteiger partial charge in [0.25, 0.3) is 0 Å². The van der Waals surface area contributed by atoms with Crippen LogP contribution < -0.4 is 0 Å². The van der Waals surface area contributed by atoms with Crippen molar-refractivity contribution >= 4 is 21.5 Å². The third kappa shape index (κ3) is 3.89. The fourth-order valence-electron chi connectivity index (χ4n) is 4.72. The third-order valence-electron chi connectivity index (χ3n) is 6.39. The topological polar surface area (TPSA) is 0 Å². The summed E-state index contributed by atoms with van der Waals surface area (Å²) in [6.07, 6.45) is -6.02. The summed E-state index contributed by atoms with van der Waals surface area (Å²) in [7, 11) is 0. The molecule has 5 rings (SSSR count). The Morgan fingerprint density at radius 1 is 0.357 bits per heavy atom. The molecule has 5 aromatic carbocycles. The van der Waals surface area contributed by atoms with E-state index in [-0.39, 0.29) is 12.1 Å². The molecule has 42 heavy (non-hydrogen) atoms. The molecule has 0 fully saturated rings. The zero-order valence-electron chi connectivity index (χ0n) is 19.6. The smallest absolute Gasteiger partial charge is 0.206 e. The molecular weight excluding hydrogens is 609 g/mol. The molecule has 0 bridgehead atoms. The summed E-state index contributed by atoms with van der Waals surface area (Å²) in [5, 5.41) is -5.76. The highest BCUT2D eigenvalue weighted by molar-refractivity contribution is 6.22. The lowest BCUT2D eigenvalue weighted by molar-refractivity contribution is -0.143. The van der Waals surface area contributed by atoms with Crippen LogP contribution in [0.2, 0.25) is 0 Å². The summed E-state index contributed by atoms with van der Waals surface area (Å²) < 4.78 is 217. The van der Waals surface area contributed by atoms with Crippen LogP contribution in [0.1, 0.15) is 5.56 Å². The Kier molecular flexibility index (Phi) is 6.62. The number of hydrogen-bond acceptors (Lipinski definition) is 0. The predicted octanol–water partition coefficient (Wildman–Crippen LogP) is 10.0. The fraction of sp³-hybridized carbons (Fsp3) is 0.0370. The van der Waals surface area contributed by atoms with Gasteiger partial charge in [0.2, 0.25) is 5.82 Å². The molecule has 0 aliphatic heterocycles. The van der Waals surface area contributed by atoms with Crippen molar-refractivity contribution in [1.29, 1.82) is 0 Å². The van der Waals surface area contributed by atoms with Gasteiger partial charge in [0.1, 0.15) is 23.0 Å². The van der Waals surface area contributed by atoms with Crippen LogP contribution in [0.5, 0.6) is 0 Å². The van der Waals surface area contributed by atoms with Gasteiger partial charge in [0.05, 0.1) is 11.1 Å². The highest BCUT2D eigenvalue weighted by atomic mass is 19.4. The first-order chi connectivity index (χ1) is 19.5. The van der Waals surface area contributed by atoms with Crippen molar-refractivity contribution < 1.29 is 65.9 Å². The molecule has 0 unspecified atom stereocenters. The first-order valence-electron chi connectivity index (χ1n) is 11.0. The van der Waals surface area contributed by atoms with E-state index in [2.05, 4.69) is 0 Å². The van der Waals surface area contributed by atoms with E-state index in [1.807, 2.05) is 0 Å². The normalized spacial score (nSPS) is 12.2. The van der Waals surface area contributed by atoms with Crippen molar-refractivity contribution in [2.75, 3.05) is 0 Å². The third-order valence-corrected chi connectivity index (χ3v) is 6.39. The minimum Gasteiger partial charge on any atom is -0.206 e. The van der Waals surface area contributed by atoms with E-state index in [4.69, 9.17) is 0 Å². The van der Waals surface area contributed by atoms with Gasteiger partial charge in [-0.1, -0.05) is 12.1 Å². The van der Waals surface area contributed by atoms with E-state index >= 15 is 22.0 Å². The van der Waals surface area contributed by atoms with Crippen molar-refractivity contribution in [3.8, 4) is 22.3 Å². The molecule has 0 saturated heterocycles. The minimum absolute atomic E-state index is 0.185. The Balaban J connectivity index is 2.16. The molecular formula is C27H5F15. The second-order valence-electron chi connectivity index (χ2n) is 8.64. The first-order valence-corrected chi connectivity index (χ1v) is 11.0. The monoisotopic (exact) mass is 614 g/mol. The number of hydrogen-bond donors (Lipinski definition) is 0. The van der Waals surface area contributed by atoms with Crippen molar-refractivity contribution in [2.45, 2.75) is 6.18 Å². The molecule has 0 heterocycles. The molecule has 0 saturated carbocycles. The molecule has 0 aliphatic rings. The maximum Gasteiger partial charge on any atom is 0.422 e. The van der Waals surface area contributed by atoms with Gasteiger partial charge in [-0.15, -0.1) is 0 Å². The molecule has 0 aromatic heterocycles. The average Bonchev–Trinajstić information content (AvgIpc) is 2.92. The molecule has 218 valence electrons. The predicted molar refractivity (Wildman–Crippen MR) is 117 cm³/mol. The Morgan fingerprint density at radius 3 is 1.21 bits per heavy atom. The lowest BCUT2D eigenvalue weighted by Crippen LogP contribution is -2.16. The van der Waals surface area contributed by atoms with Gasteiger partial charge in [0.15, 0.2) is 46.5 Å². The molecule has 0 N–H and O–H groups in total. The molecule has 5 aromatic rings. The van der Waals surface area contributed by atoms with Gasteiger partial charge >= 0.3 is 6.18 Å². The average molecular weight is 614 g/mol. The Labute approximate surface area is 222 Å². The quantitative estimate of drug-likeness (QED) is 0.0804. The zero-order valence-corrected chi connectivity index (χ0v) is 19.6. The molecule has 0 amide bonds. The second-order valence-corrected chi connectivity index (χ2v) is 8.64. The van der Waals surface area contributed by atoms with Gasteiger partial charge in [-0.2, -0.15) is 13.2 Å². The zero-order chi connectivity index (χ0) is 31.2. The fourth-order valence-corrected chi connectivity index (χ4v) is 4.72. The van der Waals surface area contributed by atoms with E-state index in [9.17, 15) is 43.9 Å². The van der Waals surface area contributed by atoms with E-state index in [0.717, 1.165) is 0 Å². The minimum atomic E-state index is -6.02.